The van der Waals surface area contributed by atoms with Crippen LogP contribution in [0, 0.1) is 17.8 Å². The smallest absolute Gasteiger partial charge is 0.405 e. The van der Waals surface area contributed by atoms with E-state index >= 15 is 0 Å². The van der Waals surface area contributed by atoms with Crippen molar-refractivity contribution in [3.63, 3.8) is 0 Å². The fourth-order valence-corrected chi connectivity index (χ4v) is 8.92. The van der Waals surface area contributed by atoms with Crippen LogP contribution in [0.3, 0.4) is 0 Å². The summed E-state index contributed by atoms with van der Waals surface area (Å²) in [5, 5.41) is 16.5. The van der Waals surface area contributed by atoms with Crippen LogP contribution < -0.4 is 24.8 Å². The van der Waals surface area contributed by atoms with Gasteiger partial charge in [0.25, 0.3) is 5.91 Å². The first-order valence-electron chi connectivity index (χ1n) is 17.2. The molecule has 1 saturated heterocycles. The number of hydrogen-bond acceptors (Lipinski definition) is 9. The van der Waals surface area contributed by atoms with Crippen LogP contribution in [0.1, 0.15) is 65.7 Å². The van der Waals surface area contributed by atoms with Crippen LogP contribution in [-0.2, 0) is 24.4 Å². The van der Waals surface area contributed by atoms with E-state index in [4.69, 9.17) is 21.1 Å². The van der Waals surface area contributed by atoms with Gasteiger partial charge in [0.1, 0.15) is 29.5 Å². The number of pyridine rings is 1. The van der Waals surface area contributed by atoms with Gasteiger partial charge in [-0.25, -0.2) is 18.2 Å². The lowest BCUT2D eigenvalue weighted by atomic mass is 9.88. The van der Waals surface area contributed by atoms with Gasteiger partial charge in [0.2, 0.25) is 27.7 Å². The number of benzene rings is 1. The lowest BCUT2D eigenvalue weighted by molar-refractivity contribution is -0.142. The second kappa shape index (κ2) is 13.8. The highest BCUT2D eigenvalue weighted by Crippen LogP contribution is 2.48. The highest BCUT2D eigenvalue weighted by atomic mass is 35.5. The number of ether oxygens (including phenoxy) is 2. The van der Waals surface area contributed by atoms with Crippen LogP contribution in [0.25, 0.3) is 10.8 Å². The van der Waals surface area contributed by atoms with Crippen molar-refractivity contribution in [1.82, 2.24) is 25.2 Å². The standard InChI is InChI=1S/C35H44ClN5O9S/c1-19-8-5-6-9-21-16-35(21,32(44)40-51(47,48)34(3)12-13-34)39-29(42)25-15-22(18-41(25)31(43)28(20(2)14-19)38-33(45)46)50-30-23-10-7-11-24(36)27(23)26(49-4)17-37-30/h6-7,9-11,17,19-22,25,28,38H,5,8,12-16,18H2,1-4H3,(H,39,42)(H,40,44)(H,45,46)/b9-6-/t19-,20-,21-,22-,25+,28+,35?/m1/s1. The molecule has 0 spiro atoms. The Morgan fingerprint density at radius 1 is 1.18 bits per heavy atom. The van der Waals surface area contributed by atoms with Gasteiger partial charge in [0.15, 0.2) is 0 Å². The lowest BCUT2D eigenvalue weighted by Gasteiger charge is -2.32. The van der Waals surface area contributed by atoms with E-state index in [2.05, 4.69) is 20.3 Å². The van der Waals surface area contributed by atoms with Crippen molar-refractivity contribution in [3.8, 4) is 11.6 Å². The molecule has 14 nitrogen and oxygen atoms in total. The maximum atomic E-state index is 14.4. The number of fused-ring (bicyclic) bond motifs is 3. The van der Waals surface area contributed by atoms with Gasteiger partial charge in [-0.3, -0.25) is 19.1 Å². The summed E-state index contributed by atoms with van der Waals surface area (Å²) in [4.78, 5) is 60.1. The molecule has 4 aliphatic rings. The molecular weight excluding hydrogens is 702 g/mol. The molecule has 2 saturated carbocycles. The van der Waals surface area contributed by atoms with E-state index in [-0.39, 0.29) is 31.2 Å². The predicted molar refractivity (Wildman–Crippen MR) is 188 cm³/mol. The van der Waals surface area contributed by atoms with Gasteiger partial charge in [-0.15, -0.1) is 0 Å². The minimum atomic E-state index is -4.01. The number of carboxylic acid groups (broad SMARTS) is 1. The number of hydrogen-bond donors (Lipinski definition) is 4. The third-order valence-electron chi connectivity index (χ3n) is 10.8. The molecule has 4 amide bonds. The maximum absolute atomic E-state index is 14.4. The van der Waals surface area contributed by atoms with E-state index in [9.17, 15) is 32.7 Å². The number of carbonyl (C=O) groups excluding carboxylic acids is 3. The number of methoxy groups -OCH3 is 1. The Morgan fingerprint density at radius 3 is 2.61 bits per heavy atom. The first kappa shape index (κ1) is 36.7. The fourth-order valence-electron chi connectivity index (χ4n) is 7.34. The number of nitrogens with zero attached hydrogens (tertiary/aromatic N) is 2. The van der Waals surface area contributed by atoms with Crippen molar-refractivity contribution in [1.29, 1.82) is 0 Å². The Bertz CT molecular complexity index is 1890. The quantitative estimate of drug-likeness (QED) is 0.303. The summed E-state index contributed by atoms with van der Waals surface area (Å²) in [5.74, 6) is -2.28. The van der Waals surface area contributed by atoms with Crippen LogP contribution in [0.5, 0.6) is 11.6 Å². The van der Waals surface area contributed by atoms with Gasteiger partial charge in [-0.1, -0.05) is 43.7 Å². The highest BCUT2D eigenvalue weighted by molar-refractivity contribution is 7.91. The van der Waals surface area contributed by atoms with Crippen molar-refractivity contribution in [2.45, 2.75) is 94.2 Å². The molecule has 2 aromatic rings. The lowest BCUT2D eigenvalue weighted by Crippen LogP contribution is -2.59. The zero-order valence-electron chi connectivity index (χ0n) is 29.0. The van der Waals surface area contributed by atoms with Crippen molar-refractivity contribution in [3.05, 3.63) is 41.6 Å². The van der Waals surface area contributed by atoms with Gasteiger partial charge in [-0.05, 0) is 69.4 Å². The predicted octanol–water partition coefficient (Wildman–Crippen LogP) is 3.77. The molecular formula is C35H44ClN5O9S. The molecule has 0 radical (unpaired) electrons. The normalized spacial score (nSPS) is 31.2. The second-order valence-corrected chi connectivity index (χ2v) is 17.3. The molecule has 4 N–H and O–H groups in total. The molecule has 1 aromatic carbocycles. The molecule has 51 heavy (non-hydrogen) atoms. The second-order valence-electron chi connectivity index (χ2n) is 14.7. The summed E-state index contributed by atoms with van der Waals surface area (Å²) < 4.78 is 39.2. The molecule has 7 atom stereocenters. The van der Waals surface area contributed by atoms with E-state index in [1.165, 1.54) is 18.2 Å². The first-order chi connectivity index (χ1) is 24.1. The first-order valence-corrected chi connectivity index (χ1v) is 19.1. The number of nitrogens with one attached hydrogen (secondary N) is 3. The monoisotopic (exact) mass is 745 g/mol. The Labute approximate surface area is 301 Å². The number of allylic oxidation sites excluding steroid dienone is 1. The molecule has 16 heteroatoms. The highest BCUT2D eigenvalue weighted by Gasteiger charge is 2.63. The van der Waals surface area contributed by atoms with E-state index in [1.54, 1.807) is 32.0 Å². The largest absolute Gasteiger partial charge is 0.494 e. The van der Waals surface area contributed by atoms with Crippen LogP contribution in [-0.4, -0.2) is 89.4 Å². The number of amides is 4. The van der Waals surface area contributed by atoms with Crippen molar-refractivity contribution in [2.75, 3.05) is 13.7 Å². The van der Waals surface area contributed by atoms with Gasteiger partial charge >= 0.3 is 6.09 Å². The minimum absolute atomic E-state index is 0.0213. The maximum Gasteiger partial charge on any atom is 0.405 e. The van der Waals surface area contributed by atoms with E-state index in [1.807, 2.05) is 19.1 Å². The zero-order valence-corrected chi connectivity index (χ0v) is 30.6. The molecule has 0 bridgehead atoms. The summed E-state index contributed by atoms with van der Waals surface area (Å²) in [5.41, 5.74) is -1.55. The molecule has 1 aromatic heterocycles. The van der Waals surface area contributed by atoms with Crippen LogP contribution >= 0.6 is 11.6 Å². The Kier molecular flexibility index (Phi) is 9.92. The summed E-state index contributed by atoms with van der Waals surface area (Å²) in [6, 6.07) is 2.83. The van der Waals surface area contributed by atoms with Gasteiger partial charge in [-0.2, -0.15) is 0 Å². The Balaban J connectivity index is 1.35. The summed E-state index contributed by atoms with van der Waals surface area (Å²) in [7, 11) is -2.52. The average molecular weight is 746 g/mol. The zero-order chi connectivity index (χ0) is 36.9. The summed E-state index contributed by atoms with van der Waals surface area (Å²) in [6.45, 7) is 5.30. The molecule has 2 aliphatic carbocycles. The summed E-state index contributed by atoms with van der Waals surface area (Å²) >= 11 is 6.50. The van der Waals surface area contributed by atoms with E-state index in [0.29, 0.717) is 47.2 Å². The number of carbonyl (C=O) groups is 4. The van der Waals surface area contributed by atoms with Gasteiger partial charge in [0.05, 0.1) is 29.6 Å². The molecule has 1 unspecified atom stereocenters. The molecule has 3 fully saturated rings. The van der Waals surface area contributed by atoms with Crippen LogP contribution in [0.4, 0.5) is 4.79 Å². The third kappa shape index (κ3) is 7.19. The topological polar surface area (TPSA) is 193 Å². The van der Waals surface area contributed by atoms with Crippen molar-refractivity contribution < 1.29 is 42.2 Å². The number of sulfonamides is 1. The van der Waals surface area contributed by atoms with Gasteiger partial charge in [0, 0.05) is 23.1 Å². The molecule has 6 rings (SSSR count). The fraction of sp³-hybridized carbons (Fsp3) is 0.571. The van der Waals surface area contributed by atoms with Crippen molar-refractivity contribution in [2.24, 2.45) is 17.8 Å². The number of aromatic nitrogens is 1. The summed E-state index contributed by atoms with van der Waals surface area (Å²) in [6.07, 6.45) is 5.97. The van der Waals surface area contributed by atoms with Crippen LogP contribution in [0.2, 0.25) is 5.02 Å². The minimum Gasteiger partial charge on any atom is -0.494 e. The SMILES string of the molecule is COc1cnc(O[C@@H]2C[C@H]3C(=O)NC4(C(=O)NS(=O)(=O)C5(C)CC5)C[C@H]4/C=C\CC[C@@H](C)C[C@@H](C)[C@H](NC(=O)O)C(=O)N3C2)c2cccc(Cl)c12. The van der Waals surface area contributed by atoms with E-state index < -0.39 is 74.1 Å². The van der Waals surface area contributed by atoms with Crippen molar-refractivity contribution >= 4 is 56.2 Å². The number of halogens is 1. The molecule has 276 valence electrons. The molecule has 3 heterocycles. The van der Waals surface area contributed by atoms with E-state index in [0.717, 1.165) is 6.42 Å². The average Bonchev–Trinajstić information content (AvgIpc) is 3.95. The number of rotatable bonds is 7. The third-order valence-corrected chi connectivity index (χ3v) is 13.3. The molecule has 2 aliphatic heterocycles. The Morgan fingerprint density at radius 2 is 1.92 bits per heavy atom. The van der Waals surface area contributed by atoms with Gasteiger partial charge < -0.3 is 30.1 Å². The van der Waals surface area contributed by atoms with Crippen LogP contribution in [0.15, 0.2) is 36.5 Å². The Hall–Kier alpha value is -4.11.